The van der Waals surface area contributed by atoms with Crippen molar-refractivity contribution < 1.29 is 9.53 Å². The summed E-state index contributed by atoms with van der Waals surface area (Å²) in [7, 11) is 3.49. The van der Waals surface area contributed by atoms with Crippen LogP contribution in [0.25, 0.3) is 0 Å². The van der Waals surface area contributed by atoms with Gasteiger partial charge in [-0.25, -0.2) is 0 Å². The van der Waals surface area contributed by atoms with Gasteiger partial charge in [-0.05, 0) is 12.1 Å². The Balaban J connectivity index is 2.10. The second-order valence-electron chi connectivity index (χ2n) is 4.67. The number of benzene rings is 1. The number of nitrogens with one attached hydrogen (secondary N) is 1. The Bertz CT molecular complexity index is 489. The Morgan fingerprint density at radius 3 is 3.00 bits per heavy atom. The number of hydrogen-bond acceptors (Lipinski definition) is 4. The predicted octanol–water partition coefficient (Wildman–Crippen LogP) is 0.450. The number of nitrogens with zero attached hydrogens (tertiary/aromatic N) is 2. The van der Waals surface area contributed by atoms with E-state index in [0.717, 1.165) is 30.2 Å². The summed E-state index contributed by atoms with van der Waals surface area (Å²) >= 11 is 0. The number of likely N-dealkylation sites (N-methyl/N-ethyl adjacent to an activating group) is 1. The summed E-state index contributed by atoms with van der Waals surface area (Å²) in [6, 6.07) is 5.76. The third kappa shape index (κ3) is 1.54. The van der Waals surface area contributed by atoms with Gasteiger partial charge in [0.05, 0.1) is 18.5 Å². The van der Waals surface area contributed by atoms with Crippen LogP contribution in [-0.2, 0) is 4.79 Å². The van der Waals surface area contributed by atoms with Gasteiger partial charge in [0.25, 0.3) is 5.91 Å². The van der Waals surface area contributed by atoms with E-state index in [0.29, 0.717) is 6.54 Å². The number of ether oxygens (including phenoxy) is 1. The number of carbonyl (C=O) groups excluding carboxylic acids is 1. The molecule has 2 aliphatic rings. The maximum absolute atomic E-state index is 12.3. The van der Waals surface area contributed by atoms with Crippen molar-refractivity contribution >= 4 is 17.3 Å². The standard InChI is InChI=1S/C13H17N3O2/c1-15-10-4-3-9(18-2)7-11(10)16-6-5-14-8-12(16)13(15)17/h3-4,7,12,14H,5-6,8H2,1-2H3. The van der Waals surface area contributed by atoms with Crippen LogP contribution in [0.2, 0.25) is 0 Å². The molecular formula is C13H17N3O2. The van der Waals surface area contributed by atoms with Gasteiger partial charge < -0.3 is 19.9 Å². The zero-order valence-corrected chi connectivity index (χ0v) is 10.6. The zero-order chi connectivity index (χ0) is 12.7. The van der Waals surface area contributed by atoms with E-state index in [9.17, 15) is 4.79 Å². The molecule has 2 heterocycles. The molecule has 0 aliphatic carbocycles. The predicted molar refractivity (Wildman–Crippen MR) is 70.4 cm³/mol. The molecule has 2 aliphatic heterocycles. The lowest BCUT2D eigenvalue weighted by Crippen LogP contribution is -2.61. The van der Waals surface area contributed by atoms with E-state index in [1.165, 1.54) is 0 Å². The third-order valence-electron chi connectivity index (χ3n) is 3.71. The molecule has 0 bridgehead atoms. The minimum atomic E-state index is -0.0941. The first-order valence-electron chi connectivity index (χ1n) is 6.15. The molecule has 1 N–H and O–H groups in total. The van der Waals surface area contributed by atoms with Crippen LogP contribution in [0.15, 0.2) is 18.2 Å². The monoisotopic (exact) mass is 247 g/mol. The average molecular weight is 247 g/mol. The van der Waals surface area contributed by atoms with E-state index in [1.54, 1.807) is 12.0 Å². The van der Waals surface area contributed by atoms with Crippen molar-refractivity contribution in [1.29, 1.82) is 0 Å². The van der Waals surface area contributed by atoms with E-state index < -0.39 is 0 Å². The third-order valence-corrected chi connectivity index (χ3v) is 3.71. The Labute approximate surface area is 106 Å². The fourth-order valence-corrected chi connectivity index (χ4v) is 2.70. The van der Waals surface area contributed by atoms with Gasteiger partial charge in [0.15, 0.2) is 0 Å². The number of methoxy groups -OCH3 is 1. The Morgan fingerprint density at radius 1 is 1.39 bits per heavy atom. The number of piperazine rings is 1. The molecular weight excluding hydrogens is 230 g/mol. The molecule has 1 aromatic rings. The summed E-state index contributed by atoms with van der Waals surface area (Å²) in [5, 5.41) is 3.27. The van der Waals surface area contributed by atoms with Crippen LogP contribution in [0.4, 0.5) is 11.4 Å². The topological polar surface area (TPSA) is 44.8 Å². The molecule has 1 fully saturated rings. The Kier molecular flexibility index (Phi) is 2.63. The van der Waals surface area contributed by atoms with E-state index in [-0.39, 0.29) is 11.9 Å². The van der Waals surface area contributed by atoms with Gasteiger partial charge >= 0.3 is 0 Å². The van der Waals surface area contributed by atoms with Crippen LogP contribution in [0, 0.1) is 0 Å². The maximum atomic E-state index is 12.3. The molecule has 96 valence electrons. The number of anilines is 2. The summed E-state index contributed by atoms with van der Waals surface area (Å²) in [6.45, 7) is 2.47. The van der Waals surface area contributed by atoms with Crippen LogP contribution in [0.5, 0.6) is 5.75 Å². The molecule has 0 spiro atoms. The van der Waals surface area contributed by atoms with Gasteiger partial charge in [0.2, 0.25) is 0 Å². The molecule has 5 heteroatoms. The normalized spacial score (nSPS) is 22.6. The van der Waals surface area contributed by atoms with Gasteiger partial charge in [-0.2, -0.15) is 0 Å². The first-order valence-corrected chi connectivity index (χ1v) is 6.15. The van der Waals surface area contributed by atoms with Gasteiger partial charge in [-0.1, -0.05) is 0 Å². The minimum Gasteiger partial charge on any atom is -0.497 e. The van der Waals surface area contributed by atoms with Crippen molar-refractivity contribution in [2.45, 2.75) is 6.04 Å². The average Bonchev–Trinajstić information content (AvgIpc) is 2.44. The second kappa shape index (κ2) is 4.17. The van der Waals surface area contributed by atoms with E-state index >= 15 is 0 Å². The summed E-state index contributed by atoms with van der Waals surface area (Å²) in [5.74, 6) is 0.980. The van der Waals surface area contributed by atoms with Crippen molar-refractivity contribution in [2.24, 2.45) is 0 Å². The molecule has 1 atom stereocenters. The largest absolute Gasteiger partial charge is 0.497 e. The highest BCUT2D eigenvalue weighted by atomic mass is 16.5. The fourth-order valence-electron chi connectivity index (χ4n) is 2.70. The second-order valence-corrected chi connectivity index (χ2v) is 4.67. The number of carbonyl (C=O) groups is 1. The highest BCUT2D eigenvalue weighted by Gasteiger charge is 2.37. The lowest BCUT2D eigenvalue weighted by molar-refractivity contribution is -0.120. The first kappa shape index (κ1) is 11.3. The van der Waals surface area contributed by atoms with Gasteiger partial charge in [-0.3, -0.25) is 4.79 Å². The molecule has 0 saturated carbocycles. The molecule has 3 rings (SSSR count). The van der Waals surface area contributed by atoms with Crippen molar-refractivity contribution in [1.82, 2.24) is 5.32 Å². The first-order chi connectivity index (χ1) is 8.72. The highest BCUT2D eigenvalue weighted by molar-refractivity contribution is 6.05. The summed E-state index contributed by atoms with van der Waals surface area (Å²) in [4.78, 5) is 16.2. The lowest BCUT2D eigenvalue weighted by Gasteiger charge is -2.44. The molecule has 1 unspecified atom stereocenters. The van der Waals surface area contributed by atoms with Crippen LogP contribution in [0.1, 0.15) is 0 Å². The number of rotatable bonds is 1. The Hall–Kier alpha value is -1.75. The molecule has 0 radical (unpaired) electrons. The smallest absolute Gasteiger partial charge is 0.250 e. The SMILES string of the molecule is COc1ccc2c(c1)N1CCNCC1C(=O)N2C. The van der Waals surface area contributed by atoms with Gasteiger partial charge in [-0.15, -0.1) is 0 Å². The summed E-state index contributed by atoms with van der Waals surface area (Å²) in [6.07, 6.45) is 0. The molecule has 1 saturated heterocycles. The summed E-state index contributed by atoms with van der Waals surface area (Å²) < 4.78 is 5.28. The quantitative estimate of drug-likeness (QED) is 0.782. The van der Waals surface area contributed by atoms with Crippen LogP contribution >= 0.6 is 0 Å². The molecule has 0 aromatic heterocycles. The van der Waals surface area contributed by atoms with Gasteiger partial charge in [0.1, 0.15) is 11.8 Å². The van der Waals surface area contributed by atoms with Gasteiger partial charge in [0, 0.05) is 32.7 Å². The summed E-state index contributed by atoms with van der Waals surface area (Å²) in [5.41, 5.74) is 2.04. The number of fused-ring (bicyclic) bond motifs is 3. The molecule has 1 amide bonds. The van der Waals surface area contributed by atoms with Crippen molar-refractivity contribution in [3.05, 3.63) is 18.2 Å². The van der Waals surface area contributed by atoms with Crippen molar-refractivity contribution in [2.75, 3.05) is 43.6 Å². The molecule has 18 heavy (non-hydrogen) atoms. The number of hydrogen-bond donors (Lipinski definition) is 1. The van der Waals surface area contributed by atoms with Crippen molar-refractivity contribution in [3.63, 3.8) is 0 Å². The lowest BCUT2D eigenvalue weighted by atomic mass is 10.0. The minimum absolute atomic E-state index is 0.0941. The maximum Gasteiger partial charge on any atom is 0.250 e. The van der Waals surface area contributed by atoms with E-state index in [1.807, 2.05) is 25.2 Å². The van der Waals surface area contributed by atoms with E-state index in [2.05, 4.69) is 10.2 Å². The fraction of sp³-hybridized carbons (Fsp3) is 0.462. The Morgan fingerprint density at radius 2 is 2.22 bits per heavy atom. The molecule has 1 aromatic carbocycles. The van der Waals surface area contributed by atoms with Crippen LogP contribution in [-0.4, -0.2) is 45.7 Å². The van der Waals surface area contributed by atoms with E-state index in [4.69, 9.17) is 4.74 Å². The highest BCUT2D eigenvalue weighted by Crippen LogP contribution is 2.38. The van der Waals surface area contributed by atoms with Crippen LogP contribution in [0.3, 0.4) is 0 Å². The molecule has 5 nitrogen and oxygen atoms in total. The zero-order valence-electron chi connectivity index (χ0n) is 10.6. The number of amides is 1. The van der Waals surface area contributed by atoms with Crippen LogP contribution < -0.4 is 19.9 Å². The van der Waals surface area contributed by atoms with Crippen molar-refractivity contribution in [3.8, 4) is 5.75 Å².